The molecule has 1 atom stereocenters. The van der Waals surface area contributed by atoms with Crippen molar-refractivity contribution in [2.75, 3.05) is 21.3 Å². The lowest BCUT2D eigenvalue weighted by molar-refractivity contribution is 0.0600. The Morgan fingerprint density at radius 1 is 1.12 bits per heavy atom. The Hall–Kier alpha value is -4.45. The highest BCUT2D eigenvalue weighted by atomic mass is 16.5. The molecule has 9 nitrogen and oxygen atoms in total. The Kier molecular flexibility index (Phi) is 5.43. The van der Waals surface area contributed by atoms with E-state index in [0.29, 0.717) is 28.3 Å². The van der Waals surface area contributed by atoms with E-state index in [1.807, 2.05) is 6.07 Å². The van der Waals surface area contributed by atoms with Gasteiger partial charge in [-0.15, -0.1) is 5.10 Å². The molecule has 1 aromatic heterocycles. The molecular formula is C23H20N4O5. The van der Waals surface area contributed by atoms with Crippen molar-refractivity contribution in [1.82, 2.24) is 10.2 Å². The summed E-state index contributed by atoms with van der Waals surface area (Å²) in [4.78, 5) is 11.8. The van der Waals surface area contributed by atoms with Crippen LogP contribution in [0.5, 0.6) is 17.4 Å². The zero-order valence-corrected chi connectivity index (χ0v) is 17.6. The van der Waals surface area contributed by atoms with E-state index < -0.39 is 11.9 Å². The number of H-pyrrole nitrogens is 1. The van der Waals surface area contributed by atoms with Crippen molar-refractivity contribution in [1.29, 1.82) is 5.26 Å². The summed E-state index contributed by atoms with van der Waals surface area (Å²) in [7, 11) is 4.43. The van der Waals surface area contributed by atoms with Crippen LogP contribution in [0, 0.1) is 11.3 Å². The summed E-state index contributed by atoms with van der Waals surface area (Å²) < 4.78 is 21.1. The molecule has 1 aliphatic heterocycles. The van der Waals surface area contributed by atoms with Crippen LogP contribution in [-0.4, -0.2) is 37.5 Å². The molecule has 0 saturated heterocycles. The van der Waals surface area contributed by atoms with Crippen LogP contribution in [0.3, 0.4) is 0 Å². The number of nitrogens with two attached hydrogens (primary N) is 1. The minimum Gasteiger partial charge on any atom is -0.493 e. The van der Waals surface area contributed by atoms with Crippen LogP contribution >= 0.6 is 0 Å². The number of allylic oxidation sites excluding steroid dienone is 1. The average molecular weight is 432 g/mol. The molecule has 0 unspecified atom stereocenters. The van der Waals surface area contributed by atoms with E-state index in [1.54, 1.807) is 50.6 Å². The quantitative estimate of drug-likeness (QED) is 0.588. The SMILES string of the molecule is COC(=O)c1ccc([C@@H]2C(C#N)=C(N)Oc3n[nH]c(-c4ccc(OC)c(OC)c4)c32)cc1. The van der Waals surface area contributed by atoms with Crippen LogP contribution in [0.1, 0.15) is 27.4 Å². The van der Waals surface area contributed by atoms with Crippen LogP contribution < -0.4 is 19.9 Å². The van der Waals surface area contributed by atoms with Gasteiger partial charge in [-0.05, 0) is 35.9 Å². The molecule has 0 amide bonds. The molecule has 162 valence electrons. The fraction of sp³-hybridized carbons (Fsp3) is 0.174. The van der Waals surface area contributed by atoms with Gasteiger partial charge in [0, 0.05) is 5.56 Å². The summed E-state index contributed by atoms with van der Waals surface area (Å²) in [5.74, 6) is 0.365. The predicted molar refractivity (Wildman–Crippen MR) is 114 cm³/mol. The van der Waals surface area contributed by atoms with E-state index in [9.17, 15) is 10.1 Å². The second kappa shape index (κ2) is 8.35. The number of ether oxygens (including phenoxy) is 4. The standard InChI is InChI=1S/C23H20N4O5/c1-29-16-9-8-14(10-17(16)30-2)20-19-18(12-4-6-13(7-5-12)23(28)31-3)15(11-24)21(25)32-22(19)27-26-20/h4-10,18H,25H2,1-3H3,(H,26,27)/t18-/m1/s1. The van der Waals surface area contributed by atoms with Crippen LogP contribution in [0.4, 0.5) is 0 Å². The van der Waals surface area contributed by atoms with Gasteiger partial charge in [0.05, 0.1) is 44.1 Å². The van der Waals surface area contributed by atoms with Crippen LogP contribution in [0.25, 0.3) is 11.3 Å². The molecule has 0 spiro atoms. The van der Waals surface area contributed by atoms with Crippen LogP contribution in [-0.2, 0) is 4.74 Å². The molecule has 3 aromatic rings. The number of carbonyl (C=O) groups is 1. The summed E-state index contributed by atoms with van der Waals surface area (Å²) in [6.07, 6.45) is 0. The Bertz CT molecular complexity index is 1250. The Labute approximate surface area is 184 Å². The molecule has 4 rings (SSSR count). The second-order valence-corrected chi connectivity index (χ2v) is 6.93. The average Bonchev–Trinajstić information content (AvgIpc) is 3.25. The summed E-state index contributed by atoms with van der Waals surface area (Å²) in [5, 5.41) is 17.1. The zero-order valence-electron chi connectivity index (χ0n) is 17.6. The lowest BCUT2D eigenvalue weighted by atomic mass is 9.82. The van der Waals surface area contributed by atoms with Crippen molar-refractivity contribution in [3.8, 4) is 34.7 Å². The van der Waals surface area contributed by atoms with E-state index in [1.165, 1.54) is 7.11 Å². The number of nitrogens with zero attached hydrogens (tertiary/aromatic N) is 2. The highest BCUT2D eigenvalue weighted by molar-refractivity contribution is 5.89. The zero-order chi connectivity index (χ0) is 22.8. The summed E-state index contributed by atoms with van der Waals surface area (Å²) in [5.41, 5.74) is 9.46. The topological polar surface area (TPSA) is 132 Å². The third kappa shape index (κ3) is 3.37. The maximum atomic E-state index is 11.8. The summed E-state index contributed by atoms with van der Waals surface area (Å²) in [6, 6.07) is 14.4. The number of benzene rings is 2. The third-order valence-corrected chi connectivity index (χ3v) is 5.28. The lowest BCUT2D eigenvalue weighted by Crippen LogP contribution is -2.21. The van der Waals surface area contributed by atoms with Crippen molar-refractivity contribution < 1.29 is 23.7 Å². The molecule has 3 N–H and O–H groups in total. The van der Waals surface area contributed by atoms with E-state index in [0.717, 1.165) is 11.1 Å². The minimum absolute atomic E-state index is 0.0209. The highest BCUT2D eigenvalue weighted by Crippen LogP contribution is 2.46. The molecule has 1 aliphatic rings. The Morgan fingerprint density at radius 2 is 1.84 bits per heavy atom. The number of methoxy groups -OCH3 is 3. The van der Waals surface area contributed by atoms with Gasteiger partial charge >= 0.3 is 5.97 Å². The second-order valence-electron chi connectivity index (χ2n) is 6.93. The number of aromatic amines is 1. The fourth-order valence-corrected chi connectivity index (χ4v) is 3.72. The number of aromatic nitrogens is 2. The number of rotatable bonds is 5. The Morgan fingerprint density at radius 3 is 2.47 bits per heavy atom. The maximum Gasteiger partial charge on any atom is 0.337 e. The normalized spacial score (nSPS) is 14.8. The molecule has 0 saturated carbocycles. The van der Waals surface area contributed by atoms with E-state index in [-0.39, 0.29) is 17.3 Å². The number of hydrogen-bond acceptors (Lipinski definition) is 8. The van der Waals surface area contributed by atoms with Gasteiger partial charge in [-0.2, -0.15) is 5.26 Å². The molecule has 0 radical (unpaired) electrons. The molecule has 2 aromatic carbocycles. The largest absolute Gasteiger partial charge is 0.493 e. The number of fused-ring (bicyclic) bond motifs is 1. The molecule has 0 bridgehead atoms. The number of hydrogen-bond donors (Lipinski definition) is 2. The summed E-state index contributed by atoms with van der Waals surface area (Å²) in [6.45, 7) is 0. The summed E-state index contributed by atoms with van der Waals surface area (Å²) >= 11 is 0. The maximum absolute atomic E-state index is 11.8. The van der Waals surface area contributed by atoms with Gasteiger partial charge in [0.2, 0.25) is 11.8 Å². The first-order chi connectivity index (χ1) is 15.5. The van der Waals surface area contributed by atoms with E-state index in [4.69, 9.17) is 24.7 Å². The molecule has 9 heteroatoms. The minimum atomic E-state index is -0.558. The first kappa shape index (κ1) is 20.8. The van der Waals surface area contributed by atoms with Gasteiger partial charge in [0.25, 0.3) is 0 Å². The van der Waals surface area contributed by atoms with Gasteiger partial charge in [0.15, 0.2) is 11.5 Å². The monoisotopic (exact) mass is 432 g/mol. The van der Waals surface area contributed by atoms with Crippen molar-refractivity contribution in [3.63, 3.8) is 0 Å². The Balaban J connectivity index is 1.87. The molecule has 32 heavy (non-hydrogen) atoms. The fourth-order valence-electron chi connectivity index (χ4n) is 3.72. The van der Waals surface area contributed by atoms with E-state index in [2.05, 4.69) is 16.3 Å². The van der Waals surface area contributed by atoms with Crippen LogP contribution in [0.2, 0.25) is 0 Å². The lowest BCUT2D eigenvalue weighted by Gasteiger charge is -2.24. The molecule has 2 heterocycles. The van der Waals surface area contributed by atoms with Gasteiger partial charge < -0.3 is 24.7 Å². The van der Waals surface area contributed by atoms with Gasteiger partial charge in [-0.25, -0.2) is 4.79 Å². The number of esters is 1. The van der Waals surface area contributed by atoms with Gasteiger partial charge in [-0.1, -0.05) is 12.1 Å². The van der Waals surface area contributed by atoms with Gasteiger partial charge in [0.1, 0.15) is 11.6 Å². The first-order valence-corrected chi connectivity index (χ1v) is 9.58. The molecule has 0 fully saturated rings. The highest BCUT2D eigenvalue weighted by Gasteiger charge is 2.35. The predicted octanol–water partition coefficient (Wildman–Crippen LogP) is 3.10. The van der Waals surface area contributed by atoms with Gasteiger partial charge in [-0.3, -0.25) is 5.10 Å². The van der Waals surface area contributed by atoms with Crippen molar-refractivity contribution in [3.05, 3.63) is 70.6 Å². The number of carbonyl (C=O) groups excluding carboxylic acids is 1. The van der Waals surface area contributed by atoms with E-state index >= 15 is 0 Å². The molecule has 0 aliphatic carbocycles. The third-order valence-electron chi connectivity index (χ3n) is 5.28. The number of nitriles is 1. The first-order valence-electron chi connectivity index (χ1n) is 9.58. The molecular weight excluding hydrogens is 412 g/mol. The van der Waals surface area contributed by atoms with Crippen molar-refractivity contribution in [2.24, 2.45) is 5.73 Å². The van der Waals surface area contributed by atoms with Crippen LogP contribution in [0.15, 0.2) is 53.9 Å². The number of nitrogens with one attached hydrogen (secondary N) is 1. The smallest absolute Gasteiger partial charge is 0.337 e. The van der Waals surface area contributed by atoms with Crippen molar-refractivity contribution in [2.45, 2.75) is 5.92 Å². The van der Waals surface area contributed by atoms with Crippen molar-refractivity contribution >= 4 is 5.97 Å².